The Bertz CT molecular complexity index is 927. The Morgan fingerprint density at radius 3 is 2.60 bits per heavy atom. The third kappa shape index (κ3) is 3.80. The molecule has 0 spiro atoms. The van der Waals surface area contributed by atoms with Gasteiger partial charge in [-0.05, 0) is 61.0 Å². The Balaban J connectivity index is 1.84. The van der Waals surface area contributed by atoms with Gasteiger partial charge in [-0.2, -0.15) is 0 Å². The molecular weight excluding hydrogens is 336 g/mol. The van der Waals surface area contributed by atoms with Gasteiger partial charge in [0, 0.05) is 16.9 Å². The zero-order valence-electron chi connectivity index (χ0n) is 13.9. The Labute approximate surface area is 151 Å². The highest BCUT2D eigenvalue weighted by molar-refractivity contribution is 6.31. The highest BCUT2D eigenvalue weighted by Crippen LogP contribution is 2.21. The molecule has 0 aliphatic heterocycles. The number of carbonyl (C=O) groups is 1. The SMILES string of the molecule is COC(=O)c1ccc(N=Cc2cccn2-c2ccc(C)c(Cl)c2)cc1. The predicted octanol–water partition coefficient (Wildman–Crippen LogP) is 4.98. The summed E-state index contributed by atoms with van der Waals surface area (Å²) in [4.78, 5) is 15.9. The Kier molecular flexibility index (Phi) is 5.00. The lowest BCUT2D eigenvalue weighted by molar-refractivity contribution is 0.0601. The number of ether oxygens (including phenoxy) is 1. The van der Waals surface area contributed by atoms with E-state index in [1.54, 1.807) is 30.5 Å². The second-order valence-electron chi connectivity index (χ2n) is 5.53. The molecule has 25 heavy (non-hydrogen) atoms. The number of methoxy groups -OCH3 is 1. The number of aromatic nitrogens is 1. The maximum Gasteiger partial charge on any atom is 0.337 e. The number of carbonyl (C=O) groups excluding carboxylic acids is 1. The second kappa shape index (κ2) is 7.36. The van der Waals surface area contributed by atoms with Crippen molar-refractivity contribution in [3.63, 3.8) is 0 Å². The number of hydrogen-bond acceptors (Lipinski definition) is 3. The average Bonchev–Trinajstić information content (AvgIpc) is 3.10. The molecule has 0 aliphatic rings. The number of rotatable bonds is 4. The molecule has 0 bridgehead atoms. The van der Waals surface area contributed by atoms with Crippen molar-refractivity contribution in [3.8, 4) is 5.69 Å². The van der Waals surface area contributed by atoms with Gasteiger partial charge in [0.05, 0.1) is 30.3 Å². The van der Waals surface area contributed by atoms with Gasteiger partial charge in [0.1, 0.15) is 0 Å². The van der Waals surface area contributed by atoms with E-state index in [1.165, 1.54) is 7.11 Å². The molecule has 1 heterocycles. The first-order valence-electron chi connectivity index (χ1n) is 7.75. The van der Waals surface area contributed by atoms with Crippen molar-refractivity contribution in [1.82, 2.24) is 4.57 Å². The van der Waals surface area contributed by atoms with Crippen molar-refractivity contribution in [2.75, 3.05) is 7.11 Å². The van der Waals surface area contributed by atoms with Crippen molar-refractivity contribution < 1.29 is 9.53 Å². The number of benzene rings is 2. The van der Waals surface area contributed by atoms with Crippen molar-refractivity contribution >= 4 is 29.5 Å². The van der Waals surface area contributed by atoms with Crippen LogP contribution in [0.15, 0.2) is 65.8 Å². The molecule has 0 N–H and O–H groups in total. The van der Waals surface area contributed by atoms with Gasteiger partial charge in [0.25, 0.3) is 0 Å². The third-order valence-corrected chi connectivity index (χ3v) is 4.26. The topological polar surface area (TPSA) is 43.6 Å². The zero-order chi connectivity index (χ0) is 17.8. The van der Waals surface area contributed by atoms with E-state index in [0.717, 1.165) is 27.7 Å². The molecule has 0 unspecified atom stereocenters. The first kappa shape index (κ1) is 17.0. The van der Waals surface area contributed by atoms with E-state index in [9.17, 15) is 4.79 Å². The minimum atomic E-state index is -0.361. The molecule has 0 atom stereocenters. The summed E-state index contributed by atoms with van der Waals surface area (Å²) in [6, 6.07) is 16.8. The minimum Gasteiger partial charge on any atom is -0.465 e. The van der Waals surface area contributed by atoms with Gasteiger partial charge in [-0.15, -0.1) is 0 Å². The fourth-order valence-corrected chi connectivity index (χ4v) is 2.58. The molecule has 0 radical (unpaired) electrons. The van der Waals surface area contributed by atoms with Crippen LogP contribution < -0.4 is 0 Å². The number of aliphatic imine (C=N–C) groups is 1. The largest absolute Gasteiger partial charge is 0.465 e. The van der Waals surface area contributed by atoms with Crippen LogP contribution in [0.5, 0.6) is 0 Å². The monoisotopic (exact) mass is 352 g/mol. The van der Waals surface area contributed by atoms with E-state index in [1.807, 2.05) is 48.0 Å². The van der Waals surface area contributed by atoms with Crippen LogP contribution in [0.3, 0.4) is 0 Å². The molecule has 3 rings (SSSR count). The first-order chi connectivity index (χ1) is 12.1. The minimum absolute atomic E-state index is 0.361. The van der Waals surface area contributed by atoms with Gasteiger partial charge in [0.2, 0.25) is 0 Å². The molecule has 0 saturated heterocycles. The number of hydrogen-bond donors (Lipinski definition) is 0. The maximum absolute atomic E-state index is 11.4. The molecule has 4 nitrogen and oxygen atoms in total. The van der Waals surface area contributed by atoms with Crippen LogP contribution in [-0.2, 0) is 4.74 Å². The van der Waals surface area contributed by atoms with E-state index in [2.05, 4.69) is 9.73 Å². The molecule has 1 aromatic heterocycles. The number of esters is 1. The van der Waals surface area contributed by atoms with Gasteiger partial charge >= 0.3 is 5.97 Å². The van der Waals surface area contributed by atoms with Crippen LogP contribution >= 0.6 is 11.6 Å². The fraction of sp³-hybridized carbons (Fsp3) is 0.100. The highest BCUT2D eigenvalue weighted by atomic mass is 35.5. The van der Waals surface area contributed by atoms with Crippen LogP contribution in [0.2, 0.25) is 5.02 Å². The van der Waals surface area contributed by atoms with Crippen molar-refractivity contribution in [3.05, 3.63) is 82.6 Å². The summed E-state index contributed by atoms with van der Waals surface area (Å²) < 4.78 is 6.70. The number of halogens is 1. The van der Waals surface area contributed by atoms with Crippen molar-refractivity contribution in [2.24, 2.45) is 4.99 Å². The summed E-state index contributed by atoms with van der Waals surface area (Å²) in [5.74, 6) is -0.361. The van der Waals surface area contributed by atoms with Crippen molar-refractivity contribution in [1.29, 1.82) is 0 Å². The van der Waals surface area contributed by atoms with Crippen LogP contribution in [0, 0.1) is 6.92 Å². The molecule has 0 amide bonds. The number of nitrogens with zero attached hydrogens (tertiary/aromatic N) is 2. The van der Waals surface area contributed by atoms with E-state index in [0.29, 0.717) is 5.56 Å². The summed E-state index contributed by atoms with van der Waals surface area (Å²) in [6.45, 7) is 1.97. The second-order valence-corrected chi connectivity index (χ2v) is 5.94. The predicted molar refractivity (Wildman–Crippen MR) is 101 cm³/mol. The van der Waals surface area contributed by atoms with Gasteiger partial charge in [0.15, 0.2) is 0 Å². The third-order valence-electron chi connectivity index (χ3n) is 3.85. The Morgan fingerprint density at radius 1 is 1.16 bits per heavy atom. The van der Waals surface area contributed by atoms with E-state index < -0.39 is 0 Å². The molecule has 0 saturated carbocycles. The maximum atomic E-state index is 11.4. The quantitative estimate of drug-likeness (QED) is 0.491. The van der Waals surface area contributed by atoms with Gasteiger partial charge in [-0.25, -0.2) is 4.79 Å². The lowest BCUT2D eigenvalue weighted by Gasteiger charge is -2.08. The number of aryl methyl sites for hydroxylation is 1. The molecular formula is C20H17ClN2O2. The van der Waals surface area contributed by atoms with Crippen LogP contribution in [0.1, 0.15) is 21.6 Å². The molecule has 126 valence electrons. The lowest BCUT2D eigenvalue weighted by Crippen LogP contribution is -2.00. The molecule has 0 aliphatic carbocycles. The smallest absolute Gasteiger partial charge is 0.337 e. The summed E-state index contributed by atoms with van der Waals surface area (Å²) in [7, 11) is 1.36. The fourth-order valence-electron chi connectivity index (χ4n) is 2.41. The normalized spacial score (nSPS) is 11.0. The molecule has 0 fully saturated rings. The molecule has 3 aromatic rings. The lowest BCUT2D eigenvalue weighted by atomic mass is 10.2. The average molecular weight is 353 g/mol. The molecule has 2 aromatic carbocycles. The van der Waals surface area contributed by atoms with Gasteiger partial charge < -0.3 is 9.30 Å². The van der Waals surface area contributed by atoms with E-state index >= 15 is 0 Å². The summed E-state index contributed by atoms with van der Waals surface area (Å²) in [5.41, 5.74) is 4.19. The van der Waals surface area contributed by atoms with Gasteiger partial charge in [-0.3, -0.25) is 4.99 Å². The first-order valence-corrected chi connectivity index (χ1v) is 8.12. The van der Waals surface area contributed by atoms with Crippen LogP contribution in [0.4, 0.5) is 5.69 Å². The van der Waals surface area contributed by atoms with E-state index in [4.69, 9.17) is 11.6 Å². The summed E-state index contributed by atoms with van der Waals surface area (Å²) >= 11 is 6.22. The zero-order valence-corrected chi connectivity index (χ0v) is 14.7. The van der Waals surface area contributed by atoms with E-state index in [-0.39, 0.29) is 5.97 Å². The Hall–Kier alpha value is -2.85. The van der Waals surface area contributed by atoms with Crippen LogP contribution in [-0.4, -0.2) is 23.9 Å². The van der Waals surface area contributed by atoms with Crippen molar-refractivity contribution in [2.45, 2.75) is 6.92 Å². The molecule has 5 heteroatoms. The van der Waals surface area contributed by atoms with Crippen LogP contribution in [0.25, 0.3) is 5.69 Å². The highest BCUT2D eigenvalue weighted by Gasteiger charge is 2.05. The summed E-state index contributed by atoms with van der Waals surface area (Å²) in [5, 5.41) is 0.729. The summed E-state index contributed by atoms with van der Waals surface area (Å²) in [6.07, 6.45) is 3.74. The Morgan fingerprint density at radius 2 is 1.92 bits per heavy atom. The van der Waals surface area contributed by atoms with Gasteiger partial charge in [-0.1, -0.05) is 17.7 Å². The standard InChI is InChI=1S/C20H17ClN2O2/c1-14-5-10-17(12-19(14)21)23-11-3-4-18(23)13-22-16-8-6-15(7-9-16)20(24)25-2/h3-13H,1-2H3.